The standard InChI is InChI=1S/C21H28N4O/c1-4-23-21(24-13-16(3)18-9-5-7-15(2)11-18)25-14-17-8-6-10-19(12-17)20(22)26/h5-12,16H,4,13-14H2,1-3H3,(H2,22,26)(H2,23,24,25). The van der Waals surface area contributed by atoms with Crippen molar-refractivity contribution in [2.24, 2.45) is 10.7 Å². The zero-order chi connectivity index (χ0) is 18.9. The van der Waals surface area contributed by atoms with Crippen molar-refractivity contribution in [1.82, 2.24) is 10.6 Å². The molecular weight excluding hydrogens is 324 g/mol. The molecule has 0 saturated heterocycles. The van der Waals surface area contributed by atoms with Crippen LogP contribution in [0.5, 0.6) is 0 Å². The van der Waals surface area contributed by atoms with Gasteiger partial charge in [0.25, 0.3) is 0 Å². The number of carbonyl (C=O) groups excluding carboxylic acids is 1. The largest absolute Gasteiger partial charge is 0.366 e. The number of aryl methyl sites for hydroxylation is 1. The zero-order valence-corrected chi connectivity index (χ0v) is 15.8. The van der Waals surface area contributed by atoms with Crippen LogP contribution in [0.25, 0.3) is 0 Å². The van der Waals surface area contributed by atoms with Gasteiger partial charge in [-0.3, -0.25) is 4.79 Å². The summed E-state index contributed by atoms with van der Waals surface area (Å²) in [5.74, 6) is 0.710. The van der Waals surface area contributed by atoms with Crippen LogP contribution in [0.3, 0.4) is 0 Å². The molecule has 2 aromatic rings. The van der Waals surface area contributed by atoms with E-state index >= 15 is 0 Å². The molecule has 2 aromatic carbocycles. The van der Waals surface area contributed by atoms with Crippen LogP contribution >= 0.6 is 0 Å². The fourth-order valence-electron chi connectivity index (χ4n) is 2.68. The first-order chi connectivity index (χ1) is 12.5. The van der Waals surface area contributed by atoms with Crippen LogP contribution in [0.4, 0.5) is 0 Å². The van der Waals surface area contributed by atoms with E-state index in [0.717, 1.165) is 24.6 Å². The average molecular weight is 352 g/mol. The second-order valence-electron chi connectivity index (χ2n) is 6.46. The van der Waals surface area contributed by atoms with Gasteiger partial charge in [-0.25, -0.2) is 4.99 Å². The number of nitrogens with zero attached hydrogens (tertiary/aromatic N) is 1. The van der Waals surface area contributed by atoms with Gasteiger partial charge in [0.2, 0.25) is 5.91 Å². The van der Waals surface area contributed by atoms with E-state index in [1.165, 1.54) is 11.1 Å². The molecular formula is C21H28N4O. The molecule has 0 heterocycles. The number of guanidine groups is 1. The lowest BCUT2D eigenvalue weighted by molar-refractivity contribution is 0.1000. The second-order valence-corrected chi connectivity index (χ2v) is 6.46. The molecule has 4 N–H and O–H groups in total. The minimum atomic E-state index is -0.423. The molecule has 0 aliphatic rings. The molecule has 0 radical (unpaired) electrons. The van der Waals surface area contributed by atoms with Crippen LogP contribution in [-0.2, 0) is 6.54 Å². The Balaban J connectivity index is 2.00. The van der Waals surface area contributed by atoms with Gasteiger partial charge in [-0.2, -0.15) is 0 Å². The number of carbonyl (C=O) groups is 1. The van der Waals surface area contributed by atoms with Crippen molar-refractivity contribution >= 4 is 11.9 Å². The number of nitrogens with two attached hydrogens (primary N) is 1. The third-order valence-electron chi connectivity index (χ3n) is 4.16. The van der Waals surface area contributed by atoms with Crippen molar-refractivity contribution in [2.75, 3.05) is 13.1 Å². The molecule has 0 aliphatic heterocycles. The summed E-state index contributed by atoms with van der Waals surface area (Å²) in [6.45, 7) is 8.39. The first-order valence-corrected chi connectivity index (χ1v) is 8.97. The summed E-state index contributed by atoms with van der Waals surface area (Å²) >= 11 is 0. The number of aliphatic imine (C=N–C) groups is 1. The normalized spacial score (nSPS) is 12.5. The predicted octanol–water partition coefficient (Wildman–Crippen LogP) is 2.95. The quantitative estimate of drug-likeness (QED) is 0.529. The van der Waals surface area contributed by atoms with E-state index in [2.05, 4.69) is 53.7 Å². The van der Waals surface area contributed by atoms with E-state index < -0.39 is 5.91 Å². The molecule has 138 valence electrons. The number of primary amides is 1. The first-order valence-electron chi connectivity index (χ1n) is 8.97. The van der Waals surface area contributed by atoms with Crippen LogP contribution in [0, 0.1) is 6.92 Å². The van der Waals surface area contributed by atoms with Gasteiger partial charge in [-0.1, -0.05) is 48.9 Å². The fraction of sp³-hybridized carbons (Fsp3) is 0.333. The molecule has 0 saturated carbocycles. The van der Waals surface area contributed by atoms with Crippen molar-refractivity contribution in [1.29, 1.82) is 0 Å². The topological polar surface area (TPSA) is 79.5 Å². The Hall–Kier alpha value is -2.82. The van der Waals surface area contributed by atoms with E-state index in [-0.39, 0.29) is 0 Å². The summed E-state index contributed by atoms with van der Waals surface area (Å²) in [4.78, 5) is 15.9. The fourth-order valence-corrected chi connectivity index (χ4v) is 2.68. The molecule has 0 fully saturated rings. The van der Waals surface area contributed by atoms with Gasteiger partial charge in [0.15, 0.2) is 5.96 Å². The highest BCUT2D eigenvalue weighted by Crippen LogP contribution is 2.15. The summed E-state index contributed by atoms with van der Waals surface area (Å²) in [7, 11) is 0. The van der Waals surface area contributed by atoms with E-state index in [0.29, 0.717) is 18.0 Å². The predicted molar refractivity (Wildman–Crippen MR) is 107 cm³/mol. The van der Waals surface area contributed by atoms with Crippen molar-refractivity contribution in [3.63, 3.8) is 0 Å². The lowest BCUT2D eigenvalue weighted by atomic mass is 9.99. The van der Waals surface area contributed by atoms with E-state index in [1.807, 2.05) is 19.1 Å². The second kappa shape index (κ2) is 9.61. The Labute approximate surface area is 155 Å². The summed E-state index contributed by atoms with van der Waals surface area (Å²) in [5, 5.41) is 6.65. The summed E-state index contributed by atoms with van der Waals surface area (Å²) in [6, 6.07) is 15.8. The Bertz CT molecular complexity index is 770. The van der Waals surface area contributed by atoms with Crippen LogP contribution in [0.1, 0.15) is 46.8 Å². The van der Waals surface area contributed by atoms with E-state index in [1.54, 1.807) is 12.1 Å². The maximum absolute atomic E-state index is 11.3. The molecule has 1 atom stereocenters. The van der Waals surface area contributed by atoms with Gasteiger partial charge >= 0.3 is 0 Å². The Morgan fingerprint density at radius 3 is 2.62 bits per heavy atom. The van der Waals surface area contributed by atoms with Gasteiger partial charge in [0.1, 0.15) is 0 Å². The molecule has 0 aromatic heterocycles. The monoisotopic (exact) mass is 352 g/mol. The van der Waals surface area contributed by atoms with Gasteiger partial charge in [-0.15, -0.1) is 0 Å². The van der Waals surface area contributed by atoms with Crippen molar-refractivity contribution < 1.29 is 4.79 Å². The maximum Gasteiger partial charge on any atom is 0.248 e. The molecule has 5 heteroatoms. The summed E-state index contributed by atoms with van der Waals surface area (Å²) in [5.41, 5.74) is 9.36. The molecule has 1 amide bonds. The number of hydrogen-bond acceptors (Lipinski definition) is 2. The summed E-state index contributed by atoms with van der Waals surface area (Å²) in [6.07, 6.45) is 0. The smallest absolute Gasteiger partial charge is 0.248 e. The number of nitrogens with one attached hydrogen (secondary N) is 2. The minimum Gasteiger partial charge on any atom is -0.366 e. The molecule has 1 unspecified atom stereocenters. The lowest BCUT2D eigenvalue weighted by Crippen LogP contribution is -2.39. The average Bonchev–Trinajstić information content (AvgIpc) is 2.64. The number of amides is 1. The highest BCUT2D eigenvalue weighted by molar-refractivity contribution is 5.92. The minimum absolute atomic E-state index is 0.372. The van der Waals surface area contributed by atoms with Crippen LogP contribution in [0.15, 0.2) is 53.5 Å². The SMILES string of the molecule is CCNC(=NCc1cccc(C(N)=O)c1)NCC(C)c1cccc(C)c1. The van der Waals surface area contributed by atoms with Gasteiger partial charge in [0, 0.05) is 18.7 Å². The van der Waals surface area contributed by atoms with Gasteiger partial charge < -0.3 is 16.4 Å². The van der Waals surface area contributed by atoms with Crippen molar-refractivity contribution in [3.05, 3.63) is 70.8 Å². The lowest BCUT2D eigenvalue weighted by Gasteiger charge is -2.16. The van der Waals surface area contributed by atoms with E-state index in [9.17, 15) is 4.79 Å². The van der Waals surface area contributed by atoms with Crippen LogP contribution < -0.4 is 16.4 Å². The Kier molecular flexibility index (Phi) is 7.21. The van der Waals surface area contributed by atoms with Gasteiger partial charge in [-0.05, 0) is 43.0 Å². The number of benzene rings is 2. The third-order valence-corrected chi connectivity index (χ3v) is 4.16. The Morgan fingerprint density at radius 1 is 1.15 bits per heavy atom. The molecule has 0 spiro atoms. The Morgan fingerprint density at radius 2 is 1.92 bits per heavy atom. The van der Waals surface area contributed by atoms with Gasteiger partial charge in [0.05, 0.1) is 6.54 Å². The van der Waals surface area contributed by atoms with Crippen LogP contribution in [0.2, 0.25) is 0 Å². The number of hydrogen-bond donors (Lipinski definition) is 3. The number of rotatable bonds is 7. The van der Waals surface area contributed by atoms with Crippen molar-refractivity contribution in [2.45, 2.75) is 33.2 Å². The molecule has 0 bridgehead atoms. The first kappa shape index (κ1) is 19.5. The van der Waals surface area contributed by atoms with Crippen LogP contribution in [-0.4, -0.2) is 25.0 Å². The maximum atomic E-state index is 11.3. The third kappa shape index (κ3) is 5.92. The van der Waals surface area contributed by atoms with Crippen molar-refractivity contribution in [3.8, 4) is 0 Å². The van der Waals surface area contributed by atoms with E-state index in [4.69, 9.17) is 5.73 Å². The highest BCUT2D eigenvalue weighted by Gasteiger charge is 2.07. The molecule has 0 aliphatic carbocycles. The summed E-state index contributed by atoms with van der Waals surface area (Å²) < 4.78 is 0. The molecule has 2 rings (SSSR count). The zero-order valence-electron chi connectivity index (χ0n) is 15.8. The molecule has 5 nitrogen and oxygen atoms in total. The molecule has 26 heavy (non-hydrogen) atoms. The highest BCUT2D eigenvalue weighted by atomic mass is 16.1.